The summed E-state index contributed by atoms with van der Waals surface area (Å²) in [5.41, 5.74) is -0.0396. The second-order valence-electron chi connectivity index (χ2n) is 10.2. The van der Waals surface area contributed by atoms with E-state index in [0.717, 1.165) is 56.5 Å². The zero-order valence-corrected chi connectivity index (χ0v) is 21.8. The number of hydrogen-bond donors (Lipinski definition) is 2. The number of nitrogens with one attached hydrogen (secondary N) is 2. The van der Waals surface area contributed by atoms with Crippen LogP contribution in [0.4, 0.5) is 13.2 Å². The Kier molecular flexibility index (Phi) is 9.09. The van der Waals surface area contributed by atoms with E-state index in [-0.39, 0.29) is 24.3 Å². The summed E-state index contributed by atoms with van der Waals surface area (Å²) in [6.07, 6.45) is 2.36. The van der Waals surface area contributed by atoms with E-state index in [1.165, 1.54) is 12.1 Å². The van der Waals surface area contributed by atoms with Crippen LogP contribution in [-0.4, -0.2) is 70.9 Å². The van der Waals surface area contributed by atoms with Crippen molar-refractivity contribution in [2.24, 2.45) is 0 Å². The number of ether oxygens (including phenoxy) is 1. The minimum Gasteiger partial charge on any atom is -0.375 e. The standard InChI is InChI=1S/C27H36F3N5O3/c1-3-13-38-24-17-34(21-7-9-22(10-8-21)35-12-11-18(2)33-35)16-23(24)32-25(36)15-31-26(37)19-5-4-6-20(14-19)27(28,29)30/h4-6,11-12,14,21-24H,3,7-10,13,15-17H2,1-2H3,(H,31,37)(H,32,36)/t21?,22?,23-,24-/m0/s1. The van der Waals surface area contributed by atoms with Gasteiger partial charge in [0.15, 0.2) is 0 Å². The van der Waals surface area contributed by atoms with Crippen LogP contribution in [0.5, 0.6) is 0 Å². The number of benzene rings is 1. The predicted octanol–water partition coefficient (Wildman–Crippen LogP) is 3.72. The van der Waals surface area contributed by atoms with Crippen molar-refractivity contribution in [3.05, 3.63) is 53.3 Å². The van der Waals surface area contributed by atoms with Crippen molar-refractivity contribution in [3.63, 3.8) is 0 Å². The number of aromatic nitrogens is 2. The molecule has 1 aromatic carbocycles. The van der Waals surface area contributed by atoms with Crippen molar-refractivity contribution in [1.29, 1.82) is 0 Å². The summed E-state index contributed by atoms with van der Waals surface area (Å²) in [5, 5.41) is 9.96. The summed E-state index contributed by atoms with van der Waals surface area (Å²) in [5.74, 6) is -1.14. The van der Waals surface area contributed by atoms with E-state index in [4.69, 9.17) is 4.74 Å². The molecule has 2 aliphatic rings. The van der Waals surface area contributed by atoms with E-state index in [9.17, 15) is 22.8 Å². The van der Waals surface area contributed by atoms with Crippen molar-refractivity contribution >= 4 is 11.8 Å². The molecule has 1 saturated heterocycles. The van der Waals surface area contributed by atoms with Gasteiger partial charge in [0.1, 0.15) is 0 Å². The Hall–Kier alpha value is -2.92. The van der Waals surface area contributed by atoms with Crippen molar-refractivity contribution in [2.45, 2.75) is 76.4 Å². The Bertz CT molecular complexity index is 1100. The normalized spacial score (nSPS) is 24.3. The van der Waals surface area contributed by atoms with Gasteiger partial charge in [0, 0.05) is 37.5 Å². The van der Waals surface area contributed by atoms with Crippen LogP contribution in [-0.2, 0) is 15.7 Å². The molecule has 2 fully saturated rings. The lowest BCUT2D eigenvalue weighted by Gasteiger charge is -2.34. The highest BCUT2D eigenvalue weighted by molar-refractivity contribution is 5.96. The molecule has 4 rings (SSSR count). The van der Waals surface area contributed by atoms with Crippen LogP contribution < -0.4 is 10.6 Å². The molecule has 8 nitrogen and oxygen atoms in total. The highest BCUT2D eigenvalue weighted by Crippen LogP contribution is 2.33. The van der Waals surface area contributed by atoms with Gasteiger partial charge in [-0.2, -0.15) is 18.3 Å². The molecule has 0 spiro atoms. The van der Waals surface area contributed by atoms with Crippen LogP contribution in [0.1, 0.15) is 66.7 Å². The molecule has 1 saturated carbocycles. The molecule has 1 aliphatic carbocycles. The minimum absolute atomic E-state index is 0.148. The van der Waals surface area contributed by atoms with Gasteiger partial charge in [-0.05, 0) is 63.3 Å². The Balaban J connectivity index is 1.29. The Morgan fingerprint density at radius 1 is 1.11 bits per heavy atom. The number of halogens is 3. The average molecular weight is 536 g/mol. The van der Waals surface area contributed by atoms with Gasteiger partial charge in [-0.15, -0.1) is 0 Å². The topological polar surface area (TPSA) is 88.5 Å². The second-order valence-corrected chi connectivity index (χ2v) is 10.2. The first-order valence-corrected chi connectivity index (χ1v) is 13.3. The van der Waals surface area contributed by atoms with Crippen LogP contribution in [0, 0.1) is 6.92 Å². The lowest BCUT2D eigenvalue weighted by molar-refractivity contribution is -0.137. The van der Waals surface area contributed by atoms with Crippen molar-refractivity contribution in [3.8, 4) is 0 Å². The third kappa shape index (κ3) is 7.13. The van der Waals surface area contributed by atoms with Crippen LogP contribution in [0.15, 0.2) is 36.5 Å². The van der Waals surface area contributed by atoms with E-state index < -0.39 is 23.6 Å². The summed E-state index contributed by atoms with van der Waals surface area (Å²) >= 11 is 0. The van der Waals surface area contributed by atoms with E-state index in [1.807, 2.05) is 26.1 Å². The maximum absolute atomic E-state index is 12.9. The highest BCUT2D eigenvalue weighted by atomic mass is 19.4. The zero-order valence-electron chi connectivity index (χ0n) is 21.8. The molecule has 2 N–H and O–H groups in total. The molecule has 2 atom stereocenters. The van der Waals surface area contributed by atoms with Crippen molar-refractivity contribution < 1.29 is 27.5 Å². The highest BCUT2D eigenvalue weighted by Gasteiger charge is 2.39. The lowest BCUT2D eigenvalue weighted by atomic mass is 9.90. The molecule has 0 bridgehead atoms. The van der Waals surface area contributed by atoms with Crippen LogP contribution in [0.25, 0.3) is 0 Å². The number of rotatable bonds is 9. The minimum atomic E-state index is -4.55. The Morgan fingerprint density at radius 3 is 2.50 bits per heavy atom. The van der Waals surface area contributed by atoms with Gasteiger partial charge in [-0.1, -0.05) is 13.0 Å². The van der Waals surface area contributed by atoms with Gasteiger partial charge < -0.3 is 15.4 Å². The maximum Gasteiger partial charge on any atom is 0.416 e. The van der Waals surface area contributed by atoms with Gasteiger partial charge in [0.25, 0.3) is 5.91 Å². The predicted molar refractivity (Wildman–Crippen MR) is 136 cm³/mol. The van der Waals surface area contributed by atoms with Crippen LogP contribution in [0.2, 0.25) is 0 Å². The number of amides is 2. The quantitative estimate of drug-likeness (QED) is 0.511. The molecule has 11 heteroatoms. The second kappa shape index (κ2) is 12.3. The first kappa shape index (κ1) is 28.1. The molecule has 0 unspecified atom stereocenters. The van der Waals surface area contributed by atoms with Crippen molar-refractivity contribution in [2.75, 3.05) is 26.2 Å². The van der Waals surface area contributed by atoms with Gasteiger partial charge in [-0.25, -0.2) is 0 Å². The number of alkyl halides is 3. The zero-order chi connectivity index (χ0) is 27.3. The smallest absolute Gasteiger partial charge is 0.375 e. The number of carbonyl (C=O) groups is 2. The van der Waals surface area contributed by atoms with Crippen LogP contribution >= 0.6 is 0 Å². The SMILES string of the molecule is CCCO[C@H]1CN(C2CCC(n3ccc(C)n3)CC2)C[C@@H]1NC(=O)CNC(=O)c1cccc(C(F)(F)F)c1. The average Bonchev–Trinajstić information content (AvgIpc) is 3.51. The molecule has 1 aromatic heterocycles. The van der Waals surface area contributed by atoms with Crippen molar-refractivity contribution in [1.82, 2.24) is 25.3 Å². The van der Waals surface area contributed by atoms with Gasteiger partial charge >= 0.3 is 6.18 Å². The number of nitrogens with zero attached hydrogens (tertiary/aromatic N) is 3. The summed E-state index contributed by atoms with van der Waals surface area (Å²) in [4.78, 5) is 27.4. The summed E-state index contributed by atoms with van der Waals surface area (Å²) < 4.78 is 47.0. The molecular formula is C27H36F3N5O3. The summed E-state index contributed by atoms with van der Waals surface area (Å²) in [6, 6.07) is 6.74. The first-order chi connectivity index (χ1) is 18.1. The molecule has 38 heavy (non-hydrogen) atoms. The largest absolute Gasteiger partial charge is 0.416 e. The molecule has 0 radical (unpaired) electrons. The summed E-state index contributed by atoms with van der Waals surface area (Å²) in [7, 11) is 0. The third-order valence-corrected chi connectivity index (χ3v) is 7.34. The molecule has 208 valence electrons. The number of likely N-dealkylation sites (tertiary alicyclic amines) is 1. The fourth-order valence-electron chi connectivity index (χ4n) is 5.36. The van der Waals surface area contributed by atoms with E-state index in [1.54, 1.807) is 0 Å². The molecule has 2 amide bonds. The van der Waals surface area contributed by atoms with Crippen LogP contribution in [0.3, 0.4) is 0 Å². The fraction of sp³-hybridized carbons (Fsp3) is 0.593. The third-order valence-electron chi connectivity index (χ3n) is 7.34. The monoisotopic (exact) mass is 535 g/mol. The van der Waals surface area contributed by atoms with E-state index >= 15 is 0 Å². The van der Waals surface area contributed by atoms with E-state index in [0.29, 0.717) is 25.2 Å². The molecule has 2 heterocycles. The van der Waals surface area contributed by atoms with E-state index in [2.05, 4.69) is 25.3 Å². The molecule has 2 aromatic rings. The maximum atomic E-state index is 12.9. The number of carbonyl (C=O) groups excluding carboxylic acids is 2. The number of aryl methyl sites for hydroxylation is 1. The van der Waals surface area contributed by atoms with Gasteiger partial charge in [0.05, 0.1) is 36.0 Å². The summed E-state index contributed by atoms with van der Waals surface area (Å²) in [6.45, 7) is 5.65. The van der Waals surface area contributed by atoms with Gasteiger partial charge in [0.2, 0.25) is 5.91 Å². The number of hydrogen-bond acceptors (Lipinski definition) is 5. The Labute approximate surface area is 220 Å². The lowest BCUT2D eigenvalue weighted by Crippen LogP contribution is -2.48. The Morgan fingerprint density at radius 2 is 1.84 bits per heavy atom. The molecular weight excluding hydrogens is 499 g/mol. The van der Waals surface area contributed by atoms with Gasteiger partial charge in [-0.3, -0.25) is 19.2 Å². The first-order valence-electron chi connectivity index (χ1n) is 13.3. The molecule has 1 aliphatic heterocycles. The fourth-order valence-corrected chi connectivity index (χ4v) is 5.36.